The van der Waals surface area contributed by atoms with Gasteiger partial charge in [-0.05, 0) is 36.4 Å². The number of amides is 1. The van der Waals surface area contributed by atoms with Crippen LogP contribution in [0.1, 0.15) is 15.9 Å². The van der Waals surface area contributed by atoms with Crippen LogP contribution < -0.4 is 10.6 Å². The average Bonchev–Trinajstić information content (AvgIpc) is 2.52. The van der Waals surface area contributed by atoms with Crippen molar-refractivity contribution in [1.29, 1.82) is 5.26 Å². The molecule has 21 heavy (non-hydrogen) atoms. The van der Waals surface area contributed by atoms with Crippen LogP contribution in [0.5, 0.6) is 0 Å². The Balaban J connectivity index is 1.78. The van der Waals surface area contributed by atoms with Crippen molar-refractivity contribution in [1.82, 2.24) is 5.32 Å². The summed E-state index contributed by atoms with van der Waals surface area (Å²) in [6.45, 7) is 0.874. The normalized spacial score (nSPS) is 9.71. The molecule has 1 amide bonds. The Bertz CT molecular complexity index is 662. The Kier molecular flexibility index (Phi) is 4.89. The summed E-state index contributed by atoms with van der Waals surface area (Å²) in [6.07, 6.45) is 0. The number of carbonyl (C=O) groups excluding carboxylic acids is 1. The van der Waals surface area contributed by atoms with E-state index in [4.69, 9.17) is 5.26 Å². The van der Waals surface area contributed by atoms with Crippen LogP contribution in [-0.2, 0) is 0 Å². The fourth-order valence-electron chi connectivity index (χ4n) is 1.79. The van der Waals surface area contributed by atoms with Crippen LogP contribution >= 0.6 is 0 Å². The lowest BCUT2D eigenvalue weighted by molar-refractivity contribution is 0.0951. The summed E-state index contributed by atoms with van der Waals surface area (Å²) in [5.74, 6) is -0.968. The summed E-state index contributed by atoms with van der Waals surface area (Å²) >= 11 is 0. The van der Waals surface area contributed by atoms with Crippen molar-refractivity contribution in [2.75, 3.05) is 18.4 Å². The summed E-state index contributed by atoms with van der Waals surface area (Å²) in [5, 5.41) is 14.4. The molecule has 2 N–H and O–H groups in total. The molecule has 0 aromatic heterocycles. The molecule has 0 saturated carbocycles. The summed E-state index contributed by atoms with van der Waals surface area (Å²) in [4.78, 5) is 11.7. The first-order chi connectivity index (χ1) is 10.2. The molecule has 106 valence electrons. The third-order valence-corrected chi connectivity index (χ3v) is 2.87. The van der Waals surface area contributed by atoms with Crippen molar-refractivity contribution >= 4 is 11.6 Å². The van der Waals surface area contributed by atoms with E-state index < -0.39 is 11.7 Å². The zero-order valence-electron chi connectivity index (χ0n) is 11.3. The van der Waals surface area contributed by atoms with Crippen LogP contribution in [0.25, 0.3) is 0 Å². The van der Waals surface area contributed by atoms with Gasteiger partial charge in [-0.15, -0.1) is 0 Å². The van der Waals surface area contributed by atoms with Gasteiger partial charge in [-0.25, -0.2) is 4.39 Å². The van der Waals surface area contributed by atoms with Crippen LogP contribution in [0.15, 0.2) is 48.5 Å². The maximum Gasteiger partial charge on any atom is 0.254 e. The van der Waals surface area contributed by atoms with Gasteiger partial charge in [0.05, 0.1) is 17.2 Å². The van der Waals surface area contributed by atoms with E-state index in [0.717, 1.165) is 5.69 Å². The summed E-state index contributed by atoms with van der Waals surface area (Å²) in [6, 6.07) is 14.9. The quantitative estimate of drug-likeness (QED) is 0.829. The second-order valence-electron chi connectivity index (χ2n) is 4.35. The highest BCUT2D eigenvalue weighted by Gasteiger charge is 2.09. The fourth-order valence-corrected chi connectivity index (χ4v) is 1.79. The largest absolute Gasteiger partial charge is 0.383 e. The van der Waals surface area contributed by atoms with Crippen molar-refractivity contribution in [3.05, 3.63) is 65.5 Å². The van der Waals surface area contributed by atoms with E-state index in [1.54, 1.807) is 36.4 Å². The lowest BCUT2D eigenvalue weighted by atomic mass is 10.2. The number of nitriles is 1. The molecule has 0 radical (unpaired) electrons. The molecule has 0 spiro atoms. The van der Waals surface area contributed by atoms with Crippen molar-refractivity contribution in [3.8, 4) is 6.07 Å². The van der Waals surface area contributed by atoms with Gasteiger partial charge in [-0.2, -0.15) is 5.26 Å². The van der Waals surface area contributed by atoms with Gasteiger partial charge in [0.1, 0.15) is 5.82 Å². The van der Waals surface area contributed by atoms with Crippen LogP contribution in [-0.4, -0.2) is 19.0 Å². The molecule has 0 aliphatic heterocycles. The lowest BCUT2D eigenvalue weighted by Crippen LogP contribution is -2.29. The number of anilines is 1. The maximum absolute atomic E-state index is 13.4. The highest BCUT2D eigenvalue weighted by Crippen LogP contribution is 2.08. The molecule has 5 heteroatoms. The standard InChI is InChI=1S/C16H14FN3O/c17-15-4-2-1-3-14(15)16(21)20-10-9-19-13-7-5-12(11-18)6-8-13/h1-8,19H,9-10H2,(H,20,21). The van der Waals surface area contributed by atoms with Gasteiger partial charge in [-0.3, -0.25) is 4.79 Å². The van der Waals surface area contributed by atoms with Crippen molar-refractivity contribution < 1.29 is 9.18 Å². The van der Waals surface area contributed by atoms with Crippen molar-refractivity contribution in [2.45, 2.75) is 0 Å². The molecule has 4 nitrogen and oxygen atoms in total. The first-order valence-electron chi connectivity index (χ1n) is 6.47. The van der Waals surface area contributed by atoms with E-state index in [9.17, 15) is 9.18 Å². The molecule has 0 fully saturated rings. The highest BCUT2D eigenvalue weighted by atomic mass is 19.1. The smallest absolute Gasteiger partial charge is 0.254 e. The minimum atomic E-state index is -0.532. The zero-order valence-corrected chi connectivity index (χ0v) is 11.3. The van der Waals surface area contributed by atoms with Crippen molar-refractivity contribution in [2.24, 2.45) is 0 Å². The Hall–Kier alpha value is -2.87. The van der Waals surface area contributed by atoms with Gasteiger partial charge >= 0.3 is 0 Å². The molecule has 0 aliphatic rings. The minimum Gasteiger partial charge on any atom is -0.383 e. The second-order valence-corrected chi connectivity index (χ2v) is 4.35. The number of rotatable bonds is 5. The molecule has 2 aromatic carbocycles. The van der Waals surface area contributed by atoms with E-state index in [2.05, 4.69) is 10.6 Å². The van der Waals surface area contributed by atoms with Gasteiger partial charge in [0.25, 0.3) is 5.91 Å². The molecule has 0 atom stereocenters. The molecular formula is C16H14FN3O. The van der Waals surface area contributed by atoms with Crippen LogP contribution in [0, 0.1) is 17.1 Å². The van der Waals surface area contributed by atoms with Gasteiger partial charge < -0.3 is 10.6 Å². The predicted molar refractivity (Wildman–Crippen MR) is 78.4 cm³/mol. The molecule has 0 saturated heterocycles. The number of benzene rings is 2. The van der Waals surface area contributed by atoms with Gasteiger partial charge in [-0.1, -0.05) is 12.1 Å². The molecule has 2 rings (SSSR count). The van der Waals surface area contributed by atoms with E-state index in [-0.39, 0.29) is 5.56 Å². The average molecular weight is 283 g/mol. The maximum atomic E-state index is 13.4. The summed E-state index contributed by atoms with van der Waals surface area (Å²) < 4.78 is 13.4. The molecule has 0 aliphatic carbocycles. The minimum absolute atomic E-state index is 0.0378. The molecular weight excluding hydrogens is 269 g/mol. The number of nitrogens with zero attached hydrogens (tertiary/aromatic N) is 1. The monoisotopic (exact) mass is 283 g/mol. The number of hydrogen-bond acceptors (Lipinski definition) is 3. The Morgan fingerprint density at radius 1 is 1.10 bits per heavy atom. The first-order valence-corrected chi connectivity index (χ1v) is 6.47. The Morgan fingerprint density at radius 2 is 1.81 bits per heavy atom. The molecule has 0 unspecified atom stereocenters. The van der Waals surface area contributed by atoms with E-state index >= 15 is 0 Å². The van der Waals surface area contributed by atoms with Crippen LogP contribution in [0.3, 0.4) is 0 Å². The van der Waals surface area contributed by atoms with Gasteiger partial charge in [0, 0.05) is 18.8 Å². The number of hydrogen-bond donors (Lipinski definition) is 2. The summed E-state index contributed by atoms with van der Waals surface area (Å²) in [5.41, 5.74) is 1.48. The van der Waals surface area contributed by atoms with E-state index in [1.807, 2.05) is 6.07 Å². The van der Waals surface area contributed by atoms with Gasteiger partial charge in [0.2, 0.25) is 0 Å². The Morgan fingerprint density at radius 3 is 2.48 bits per heavy atom. The highest BCUT2D eigenvalue weighted by molar-refractivity contribution is 5.94. The molecule has 2 aromatic rings. The first kappa shape index (κ1) is 14.5. The number of nitrogens with one attached hydrogen (secondary N) is 2. The van der Waals surface area contributed by atoms with Crippen LogP contribution in [0.2, 0.25) is 0 Å². The number of carbonyl (C=O) groups is 1. The second kappa shape index (κ2) is 7.06. The lowest BCUT2D eigenvalue weighted by Gasteiger charge is -2.08. The van der Waals surface area contributed by atoms with E-state index in [0.29, 0.717) is 18.7 Å². The van der Waals surface area contributed by atoms with Gasteiger partial charge in [0.15, 0.2) is 0 Å². The summed E-state index contributed by atoms with van der Waals surface area (Å²) in [7, 11) is 0. The fraction of sp³-hybridized carbons (Fsp3) is 0.125. The van der Waals surface area contributed by atoms with Crippen LogP contribution in [0.4, 0.5) is 10.1 Å². The number of halogens is 1. The van der Waals surface area contributed by atoms with E-state index in [1.165, 1.54) is 12.1 Å². The Labute approximate surface area is 122 Å². The molecule has 0 heterocycles. The zero-order chi connectivity index (χ0) is 15.1. The molecule has 0 bridgehead atoms. The van der Waals surface area contributed by atoms with Crippen molar-refractivity contribution in [3.63, 3.8) is 0 Å². The third kappa shape index (κ3) is 4.05. The SMILES string of the molecule is N#Cc1ccc(NCCNC(=O)c2ccccc2F)cc1. The third-order valence-electron chi connectivity index (χ3n) is 2.87. The predicted octanol–water partition coefficient (Wildman–Crippen LogP) is 2.54. The topological polar surface area (TPSA) is 64.9 Å².